The van der Waals surface area contributed by atoms with Crippen LogP contribution in [0.25, 0.3) is 0 Å². The number of nitrogens with one attached hydrogen (secondary N) is 2. The number of hydrogen-bond donors (Lipinski definition) is 3. The molecule has 0 bridgehead atoms. The number of benzene rings is 2. The fourth-order valence-electron chi connectivity index (χ4n) is 2.16. The molecule has 2 aromatic rings. The third kappa shape index (κ3) is 4.85. The van der Waals surface area contributed by atoms with Crippen molar-refractivity contribution in [3.8, 4) is 11.8 Å². The lowest BCUT2D eigenvalue weighted by atomic mass is 10.2. The van der Waals surface area contributed by atoms with Gasteiger partial charge in [-0.25, -0.2) is 4.79 Å². The number of rotatable bonds is 7. The highest BCUT2D eigenvalue weighted by Gasteiger charge is 2.10. The minimum Gasteiger partial charge on any atom is -0.496 e. The minimum atomic E-state index is -1.05. The highest BCUT2D eigenvalue weighted by molar-refractivity contribution is 6.06. The maximum atomic E-state index is 12.1. The van der Waals surface area contributed by atoms with Crippen LogP contribution in [0.4, 0.5) is 5.69 Å². The van der Waals surface area contributed by atoms with E-state index in [1.165, 1.54) is 30.5 Å². The molecule has 26 heavy (non-hydrogen) atoms. The molecule has 0 atom stereocenters. The first-order valence-corrected chi connectivity index (χ1v) is 7.65. The zero-order valence-corrected chi connectivity index (χ0v) is 14.0. The molecule has 0 unspecified atom stereocenters. The van der Waals surface area contributed by atoms with Crippen molar-refractivity contribution in [1.29, 1.82) is 5.26 Å². The second-order valence-electron chi connectivity index (χ2n) is 5.20. The molecule has 2 rings (SSSR count). The third-order valence-electron chi connectivity index (χ3n) is 3.49. The van der Waals surface area contributed by atoms with Gasteiger partial charge in [0.15, 0.2) is 0 Å². The molecule has 0 fully saturated rings. The fraction of sp³-hybridized carbons (Fsp3) is 0.105. The van der Waals surface area contributed by atoms with Gasteiger partial charge in [0.1, 0.15) is 17.4 Å². The fourth-order valence-corrected chi connectivity index (χ4v) is 2.16. The Kier molecular flexibility index (Phi) is 6.34. The number of anilines is 1. The quantitative estimate of drug-likeness (QED) is 0.522. The van der Waals surface area contributed by atoms with Crippen molar-refractivity contribution >= 4 is 17.6 Å². The van der Waals surface area contributed by atoms with E-state index in [4.69, 9.17) is 15.1 Å². The van der Waals surface area contributed by atoms with Crippen LogP contribution in [-0.2, 0) is 11.3 Å². The van der Waals surface area contributed by atoms with Crippen LogP contribution in [0.3, 0.4) is 0 Å². The molecular formula is C19H17N3O4. The highest BCUT2D eigenvalue weighted by Crippen LogP contribution is 2.16. The summed E-state index contributed by atoms with van der Waals surface area (Å²) in [5.41, 5.74) is 1.28. The first-order chi connectivity index (χ1) is 12.5. The van der Waals surface area contributed by atoms with E-state index in [-0.39, 0.29) is 11.1 Å². The summed E-state index contributed by atoms with van der Waals surface area (Å²) in [5, 5.41) is 23.5. The molecule has 0 aromatic heterocycles. The number of nitrogens with zero attached hydrogens (tertiary/aromatic N) is 1. The molecule has 0 saturated carbocycles. The number of amides is 1. The minimum absolute atomic E-state index is 0.109. The van der Waals surface area contributed by atoms with Crippen molar-refractivity contribution in [2.45, 2.75) is 6.54 Å². The van der Waals surface area contributed by atoms with Gasteiger partial charge in [-0.15, -0.1) is 0 Å². The first kappa shape index (κ1) is 18.5. The van der Waals surface area contributed by atoms with Crippen molar-refractivity contribution in [3.63, 3.8) is 0 Å². The van der Waals surface area contributed by atoms with Crippen LogP contribution in [0, 0.1) is 11.3 Å². The lowest BCUT2D eigenvalue weighted by Crippen LogP contribution is -2.16. The number of carbonyl (C=O) groups excluding carboxylic acids is 1. The summed E-state index contributed by atoms with van der Waals surface area (Å²) in [4.78, 5) is 23.0. The number of hydrogen-bond acceptors (Lipinski definition) is 5. The van der Waals surface area contributed by atoms with Gasteiger partial charge in [-0.2, -0.15) is 5.26 Å². The number of ether oxygens (including phenoxy) is 1. The van der Waals surface area contributed by atoms with Crippen molar-refractivity contribution in [2.75, 3.05) is 12.4 Å². The number of carbonyl (C=O) groups is 2. The first-order valence-electron chi connectivity index (χ1n) is 7.65. The van der Waals surface area contributed by atoms with Crippen LogP contribution in [0.5, 0.6) is 5.75 Å². The molecule has 0 heterocycles. The number of para-hydroxylation sites is 1. The van der Waals surface area contributed by atoms with Gasteiger partial charge in [0.25, 0.3) is 5.91 Å². The lowest BCUT2D eigenvalue weighted by molar-refractivity contribution is -0.112. The van der Waals surface area contributed by atoms with Crippen molar-refractivity contribution < 1.29 is 19.4 Å². The predicted molar refractivity (Wildman–Crippen MR) is 95.6 cm³/mol. The van der Waals surface area contributed by atoms with E-state index in [2.05, 4.69) is 10.6 Å². The van der Waals surface area contributed by atoms with E-state index in [1.807, 2.05) is 30.3 Å². The van der Waals surface area contributed by atoms with Gasteiger partial charge in [-0.05, 0) is 30.3 Å². The van der Waals surface area contributed by atoms with Crippen LogP contribution in [-0.4, -0.2) is 24.1 Å². The number of nitriles is 1. The summed E-state index contributed by atoms with van der Waals surface area (Å²) in [6, 6.07) is 14.9. The highest BCUT2D eigenvalue weighted by atomic mass is 16.5. The lowest BCUT2D eigenvalue weighted by Gasteiger charge is -2.08. The Morgan fingerprint density at radius 3 is 2.50 bits per heavy atom. The van der Waals surface area contributed by atoms with E-state index >= 15 is 0 Å². The summed E-state index contributed by atoms with van der Waals surface area (Å²) >= 11 is 0. The Balaban J connectivity index is 2.00. The molecule has 0 radical (unpaired) electrons. The zero-order valence-electron chi connectivity index (χ0n) is 14.0. The molecule has 0 saturated heterocycles. The Morgan fingerprint density at radius 2 is 1.88 bits per heavy atom. The molecule has 0 aliphatic carbocycles. The molecular weight excluding hydrogens is 334 g/mol. The Labute approximate surface area is 150 Å². The molecule has 0 spiro atoms. The monoisotopic (exact) mass is 351 g/mol. The predicted octanol–water partition coefficient (Wildman–Crippen LogP) is 2.53. The van der Waals surface area contributed by atoms with Gasteiger partial charge in [-0.3, -0.25) is 4.79 Å². The molecule has 3 N–H and O–H groups in total. The maximum Gasteiger partial charge on any atom is 0.335 e. The van der Waals surface area contributed by atoms with Crippen LogP contribution in [0.2, 0.25) is 0 Å². The molecule has 132 valence electrons. The van der Waals surface area contributed by atoms with Gasteiger partial charge in [0.05, 0.1) is 12.7 Å². The van der Waals surface area contributed by atoms with Crippen LogP contribution >= 0.6 is 0 Å². The second-order valence-corrected chi connectivity index (χ2v) is 5.20. The smallest absolute Gasteiger partial charge is 0.335 e. The summed E-state index contributed by atoms with van der Waals surface area (Å²) in [6.45, 7) is 0.385. The van der Waals surface area contributed by atoms with E-state index < -0.39 is 11.9 Å². The van der Waals surface area contributed by atoms with E-state index in [9.17, 15) is 9.59 Å². The Hall–Kier alpha value is -3.79. The molecule has 7 nitrogen and oxygen atoms in total. The average molecular weight is 351 g/mol. The summed E-state index contributed by atoms with van der Waals surface area (Å²) in [5.74, 6) is -0.945. The van der Waals surface area contributed by atoms with Crippen LogP contribution < -0.4 is 15.4 Å². The summed E-state index contributed by atoms with van der Waals surface area (Å²) in [7, 11) is 1.57. The molecule has 0 aliphatic heterocycles. The van der Waals surface area contributed by atoms with Gasteiger partial charge < -0.3 is 20.5 Å². The van der Waals surface area contributed by atoms with Gasteiger partial charge >= 0.3 is 5.97 Å². The topological polar surface area (TPSA) is 111 Å². The molecule has 2 aromatic carbocycles. The number of aromatic carboxylic acids is 1. The number of methoxy groups -OCH3 is 1. The van der Waals surface area contributed by atoms with Gasteiger partial charge in [0.2, 0.25) is 0 Å². The zero-order chi connectivity index (χ0) is 18.9. The van der Waals surface area contributed by atoms with Crippen molar-refractivity contribution in [3.05, 3.63) is 71.4 Å². The van der Waals surface area contributed by atoms with E-state index in [0.717, 1.165) is 5.56 Å². The van der Waals surface area contributed by atoms with Crippen LogP contribution in [0.15, 0.2) is 60.3 Å². The maximum absolute atomic E-state index is 12.1. The van der Waals surface area contributed by atoms with Crippen molar-refractivity contribution in [2.24, 2.45) is 0 Å². The summed E-state index contributed by atoms with van der Waals surface area (Å²) < 4.78 is 5.24. The van der Waals surface area contributed by atoms with E-state index in [0.29, 0.717) is 18.0 Å². The molecule has 7 heteroatoms. The Morgan fingerprint density at radius 1 is 1.19 bits per heavy atom. The standard InChI is InChI=1S/C19H17N3O4/c1-26-17-5-3-2-4-14(17)11-21-12-15(10-20)18(23)22-16-8-6-13(7-9-16)19(24)25/h2-9,12,21H,11H2,1H3,(H,22,23)(H,24,25)/b15-12-. The number of carboxylic acid groups (broad SMARTS) is 1. The average Bonchev–Trinajstić information content (AvgIpc) is 2.65. The number of carboxylic acids is 1. The second kappa shape index (κ2) is 8.89. The van der Waals surface area contributed by atoms with Crippen molar-refractivity contribution in [1.82, 2.24) is 5.32 Å². The Bertz CT molecular complexity index is 867. The molecule has 0 aliphatic rings. The normalized spacial score (nSPS) is 10.5. The van der Waals surface area contributed by atoms with Gasteiger partial charge in [-0.1, -0.05) is 18.2 Å². The van der Waals surface area contributed by atoms with E-state index in [1.54, 1.807) is 7.11 Å². The van der Waals surface area contributed by atoms with Gasteiger partial charge in [0, 0.05) is 24.0 Å². The SMILES string of the molecule is COc1ccccc1CN/C=C(/C#N)C(=O)Nc1ccc(C(=O)O)cc1. The molecule has 1 amide bonds. The summed E-state index contributed by atoms with van der Waals surface area (Å²) in [6.07, 6.45) is 1.33. The third-order valence-corrected chi connectivity index (χ3v) is 3.49. The van der Waals surface area contributed by atoms with Crippen LogP contribution in [0.1, 0.15) is 15.9 Å². The largest absolute Gasteiger partial charge is 0.496 e.